The van der Waals surface area contributed by atoms with Crippen LogP contribution in [0.15, 0.2) is 24.3 Å². The zero-order valence-electron chi connectivity index (χ0n) is 11.5. The first-order valence-corrected chi connectivity index (χ1v) is 7.09. The lowest BCUT2D eigenvalue weighted by atomic mass is 10.2. The van der Waals surface area contributed by atoms with E-state index in [4.69, 9.17) is 4.74 Å². The molecule has 0 saturated carbocycles. The lowest BCUT2D eigenvalue weighted by Crippen LogP contribution is -2.22. The van der Waals surface area contributed by atoms with E-state index in [0.717, 1.165) is 15.8 Å². The summed E-state index contributed by atoms with van der Waals surface area (Å²) in [6.45, 7) is 2.18. The molecule has 0 bridgehead atoms. The number of hydrogen-bond acceptors (Lipinski definition) is 6. The molecule has 0 aliphatic rings. The average molecular weight is 303 g/mol. The van der Waals surface area contributed by atoms with Crippen LogP contribution in [0.5, 0.6) is 5.75 Å². The summed E-state index contributed by atoms with van der Waals surface area (Å²) < 4.78 is 6.77. The Morgan fingerprint density at radius 2 is 2.29 bits per heavy atom. The highest BCUT2D eigenvalue weighted by Gasteiger charge is 2.11. The molecule has 0 radical (unpaired) electrons. The quantitative estimate of drug-likeness (QED) is 0.788. The summed E-state index contributed by atoms with van der Waals surface area (Å²) >= 11 is 1.40. The highest BCUT2D eigenvalue weighted by Crippen LogP contribution is 2.15. The summed E-state index contributed by atoms with van der Waals surface area (Å²) in [5.74, 6) is 1.21. The molecule has 21 heavy (non-hydrogen) atoms. The lowest BCUT2D eigenvalue weighted by Gasteiger charge is -2.04. The fourth-order valence-corrected chi connectivity index (χ4v) is 2.67. The molecule has 0 aliphatic heterocycles. The number of aryl methyl sites for hydroxylation is 1. The van der Waals surface area contributed by atoms with E-state index in [2.05, 4.69) is 20.6 Å². The number of nitrogens with zero attached hydrogens (tertiary/aromatic N) is 4. The predicted octanol–water partition coefficient (Wildman–Crippen LogP) is 1.43. The maximum Gasteiger partial charge on any atom is 0.251 e. The number of carbonyl (C=O) groups is 1. The fraction of sp³-hybridized carbons (Fsp3) is 0.231. The van der Waals surface area contributed by atoms with E-state index in [1.807, 2.05) is 6.92 Å². The van der Waals surface area contributed by atoms with Crippen molar-refractivity contribution in [2.45, 2.75) is 13.5 Å². The topological polar surface area (TPSA) is 81.4 Å². The molecule has 0 atom stereocenters. The summed E-state index contributed by atoms with van der Waals surface area (Å²) in [4.78, 5) is 12.8. The average Bonchev–Trinajstić information content (AvgIpc) is 3.07. The van der Waals surface area contributed by atoms with Gasteiger partial charge < -0.3 is 10.1 Å². The van der Waals surface area contributed by atoms with Crippen molar-refractivity contribution in [3.05, 3.63) is 40.7 Å². The van der Waals surface area contributed by atoms with Gasteiger partial charge in [-0.3, -0.25) is 4.79 Å². The van der Waals surface area contributed by atoms with Gasteiger partial charge in [0.15, 0.2) is 5.82 Å². The zero-order valence-corrected chi connectivity index (χ0v) is 12.3. The number of methoxy groups -OCH3 is 1. The van der Waals surface area contributed by atoms with Gasteiger partial charge >= 0.3 is 0 Å². The summed E-state index contributed by atoms with van der Waals surface area (Å²) in [7, 11) is 1.57. The van der Waals surface area contributed by atoms with Crippen molar-refractivity contribution in [1.82, 2.24) is 25.1 Å². The maximum absolute atomic E-state index is 12.1. The van der Waals surface area contributed by atoms with Crippen molar-refractivity contribution in [2.24, 2.45) is 0 Å². The van der Waals surface area contributed by atoms with Gasteiger partial charge in [-0.25, -0.2) is 0 Å². The molecular weight excluding hydrogens is 290 g/mol. The van der Waals surface area contributed by atoms with E-state index in [0.29, 0.717) is 17.9 Å². The van der Waals surface area contributed by atoms with Gasteiger partial charge in [-0.1, -0.05) is 17.4 Å². The van der Waals surface area contributed by atoms with Crippen LogP contribution >= 0.6 is 11.3 Å². The van der Waals surface area contributed by atoms with Crippen LogP contribution in [0.3, 0.4) is 0 Å². The third-order valence-corrected chi connectivity index (χ3v) is 3.82. The largest absolute Gasteiger partial charge is 0.497 e. The van der Waals surface area contributed by atoms with Crippen LogP contribution in [0.1, 0.15) is 21.2 Å². The van der Waals surface area contributed by atoms with Gasteiger partial charge in [-0.2, -0.15) is 9.61 Å². The molecule has 2 aromatic heterocycles. The van der Waals surface area contributed by atoms with Crippen molar-refractivity contribution in [1.29, 1.82) is 0 Å². The Labute approximate surface area is 124 Å². The molecule has 1 aromatic carbocycles. The van der Waals surface area contributed by atoms with Crippen molar-refractivity contribution < 1.29 is 9.53 Å². The number of rotatable bonds is 4. The van der Waals surface area contributed by atoms with E-state index >= 15 is 0 Å². The smallest absolute Gasteiger partial charge is 0.251 e. The van der Waals surface area contributed by atoms with Crippen molar-refractivity contribution >= 4 is 22.2 Å². The van der Waals surface area contributed by atoms with Crippen LogP contribution in [-0.2, 0) is 6.54 Å². The Morgan fingerprint density at radius 3 is 3.05 bits per heavy atom. The number of carbonyl (C=O) groups excluding carboxylic acids is 1. The van der Waals surface area contributed by atoms with Gasteiger partial charge in [-0.15, -0.1) is 10.2 Å². The van der Waals surface area contributed by atoms with E-state index in [-0.39, 0.29) is 5.91 Å². The van der Waals surface area contributed by atoms with Crippen molar-refractivity contribution in [3.8, 4) is 5.75 Å². The normalized spacial score (nSPS) is 10.8. The van der Waals surface area contributed by atoms with Gasteiger partial charge in [0.2, 0.25) is 4.96 Å². The van der Waals surface area contributed by atoms with Crippen LogP contribution in [0.4, 0.5) is 0 Å². The molecule has 7 nitrogen and oxygen atoms in total. The first kappa shape index (κ1) is 13.5. The first-order chi connectivity index (χ1) is 10.2. The maximum atomic E-state index is 12.1. The van der Waals surface area contributed by atoms with E-state index < -0.39 is 0 Å². The highest BCUT2D eigenvalue weighted by molar-refractivity contribution is 7.16. The molecule has 8 heteroatoms. The van der Waals surface area contributed by atoms with Gasteiger partial charge in [0.1, 0.15) is 10.8 Å². The number of ether oxygens (including phenoxy) is 1. The van der Waals surface area contributed by atoms with E-state index in [9.17, 15) is 4.79 Å². The Balaban J connectivity index is 1.70. The van der Waals surface area contributed by atoms with Gasteiger partial charge in [0.25, 0.3) is 5.91 Å². The summed E-state index contributed by atoms with van der Waals surface area (Å²) in [5, 5.41) is 15.9. The standard InChI is InChI=1S/C13H13N5O2S/c1-8-15-16-13-18(8)17-11(21-13)7-14-12(19)9-4-3-5-10(6-9)20-2/h3-6H,7H2,1-2H3,(H,14,19). The molecule has 108 valence electrons. The Bertz CT molecular complexity index is 795. The molecular formula is C13H13N5O2S. The van der Waals surface area contributed by atoms with Crippen LogP contribution < -0.4 is 10.1 Å². The number of hydrogen-bond donors (Lipinski definition) is 1. The van der Waals surface area contributed by atoms with Gasteiger partial charge in [-0.05, 0) is 25.1 Å². The second kappa shape index (κ2) is 5.49. The second-order valence-corrected chi connectivity index (χ2v) is 5.39. The monoisotopic (exact) mass is 303 g/mol. The lowest BCUT2D eigenvalue weighted by molar-refractivity contribution is 0.0950. The molecule has 0 saturated heterocycles. The van der Waals surface area contributed by atoms with Gasteiger partial charge in [0.05, 0.1) is 13.7 Å². The Kier molecular flexibility index (Phi) is 3.53. The molecule has 3 aromatic rings. The number of aromatic nitrogens is 4. The third-order valence-electron chi connectivity index (χ3n) is 2.92. The van der Waals surface area contributed by atoms with Crippen LogP contribution in [0.25, 0.3) is 4.96 Å². The zero-order chi connectivity index (χ0) is 14.8. The number of nitrogens with one attached hydrogen (secondary N) is 1. The number of fused-ring (bicyclic) bond motifs is 1. The highest BCUT2D eigenvalue weighted by atomic mass is 32.1. The van der Waals surface area contributed by atoms with Crippen LogP contribution in [0, 0.1) is 6.92 Å². The molecule has 1 N–H and O–H groups in total. The fourth-order valence-electron chi connectivity index (χ4n) is 1.85. The summed E-state index contributed by atoms with van der Waals surface area (Å²) in [5.41, 5.74) is 0.550. The van der Waals surface area contributed by atoms with Gasteiger partial charge in [0, 0.05) is 5.56 Å². The SMILES string of the molecule is COc1cccc(C(=O)NCc2nn3c(C)nnc3s2)c1. The van der Waals surface area contributed by atoms with Crippen molar-refractivity contribution in [2.75, 3.05) is 7.11 Å². The minimum atomic E-state index is -0.170. The molecule has 0 fully saturated rings. The first-order valence-electron chi connectivity index (χ1n) is 6.27. The Hall–Kier alpha value is -2.48. The van der Waals surface area contributed by atoms with Crippen molar-refractivity contribution in [3.63, 3.8) is 0 Å². The third kappa shape index (κ3) is 2.70. The molecule has 2 heterocycles. The molecule has 3 rings (SSSR count). The molecule has 0 unspecified atom stereocenters. The second-order valence-electron chi connectivity index (χ2n) is 4.35. The number of benzene rings is 1. The molecule has 0 aliphatic carbocycles. The van der Waals surface area contributed by atoms with E-state index in [1.54, 1.807) is 35.9 Å². The minimum Gasteiger partial charge on any atom is -0.497 e. The molecule has 1 amide bonds. The predicted molar refractivity (Wildman–Crippen MR) is 77.6 cm³/mol. The summed E-state index contributed by atoms with van der Waals surface area (Å²) in [6.07, 6.45) is 0. The van der Waals surface area contributed by atoms with Crippen LogP contribution in [-0.4, -0.2) is 32.8 Å². The summed E-state index contributed by atoms with van der Waals surface area (Å²) in [6, 6.07) is 7.00. The minimum absolute atomic E-state index is 0.170. The van der Waals surface area contributed by atoms with E-state index in [1.165, 1.54) is 11.3 Å². The van der Waals surface area contributed by atoms with Crippen LogP contribution in [0.2, 0.25) is 0 Å². The Morgan fingerprint density at radius 1 is 1.43 bits per heavy atom. The molecule has 0 spiro atoms. The number of amides is 1.